The van der Waals surface area contributed by atoms with Crippen LogP contribution in [-0.2, 0) is 9.53 Å². The third-order valence-corrected chi connectivity index (χ3v) is 3.74. The molecule has 0 aliphatic heterocycles. The summed E-state index contributed by atoms with van der Waals surface area (Å²) in [5.74, 6) is -1.49. The third kappa shape index (κ3) is 4.83. The number of benzene rings is 2. The van der Waals surface area contributed by atoms with Gasteiger partial charge >= 0.3 is 5.97 Å². The van der Waals surface area contributed by atoms with Gasteiger partial charge in [-0.2, -0.15) is 0 Å². The van der Waals surface area contributed by atoms with Gasteiger partial charge < -0.3 is 20.5 Å². The second kappa shape index (κ2) is 7.69. The SMILES string of the molecule is O=C(COC(=O)c1cccc(O)c1)Nc1cccc(C(=O)NC2CC2)c1. The van der Waals surface area contributed by atoms with Crippen molar-refractivity contribution in [3.05, 3.63) is 59.7 Å². The number of hydrogen-bond donors (Lipinski definition) is 3. The highest BCUT2D eigenvalue weighted by Crippen LogP contribution is 2.20. The number of phenolic OH excluding ortho intramolecular Hbond substituents is 1. The molecule has 2 aromatic rings. The smallest absolute Gasteiger partial charge is 0.338 e. The molecule has 0 spiro atoms. The molecule has 0 bridgehead atoms. The molecule has 1 saturated carbocycles. The van der Waals surface area contributed by atoms with E-state index in [4.69, 9.17) is 4.74 Å². The lowest BCUT2D eigenvalue weighted by molar-refractivity contribution is -0.119. The van der Waals surface area contributed by atoms with Crippen LogP contribution < -0.4 is 10.6 Å². The van der Waals surface area contributed by atoms with Crippen molar-refractivity contribution in [2.75, 3.05) is 11.9 Å². The maximum absolute atomic E-state index is 12.0. The Morgan fingerprint density at radius 2 is 1.77 bits per heavy atom. The zero-order valence-corrected chi connectivity index (χ0v) is 13.9. The molecule has 0 heterocycles. The van der Waals surface area contributed by atoms with E-state index in [2.05, 4.69) is 10.6 Å². The molecule has 1 fully saturated rings. The number of carbonyl (C=O) groups excluding carboxylic acids is 3. The van der Waals surface area contributed by atoms with Crippen molar-refractivity contribution in [3.8, 4) is 5.75 Å². The van der Waals surface area contributed by atoms with Crippen LogP contribution in [0.15, 0.2) is 48.5 Å². The van der Waals surface area contributed by atoms with Crippen molar-refractivity contribution in [1.82, 2.24) is 5.32 Å². The van der Waals surface area contributed by atoms with E-state index in [1.165, 1.54) is 24.3 Å². The number of carbonyl (C=O) groups is 3. The van der Waals surface area contributed by atoms with Gasteiger partial charge in [0.1, 0.15) is 5.75 Å². The van der Waals surface area contributed by atoms with Crippen LogP contribution in [0.3, 0.4) is 0 Å². The van der Waals surface area contributed by atoms with Crippen molar-refractivity contribution in [2.24, 2.45) is 0 Å². The largest absolute Gasteiger partial charge is 0.508 e. The summed E-state index contributed by atoms with van der Waals surface area (Å²) in [6.07, 6.45) is 1.99. The summed E-state index contributed by atoms with van der Waals surface area (Å²) < 4.78 is 4.91. The van der Waals surface area contributed by atoms with E-state index < -0.39 is 18.5 Å². The van der Waals surface area contributed by atoms with Crippen molar-refractivity contribution in [3.63, 3.8) is 0 Å². The van der Waals surface area contributed by atoms with E-state index in [0.717, 1.165) is 12.8 Å². The van der Waals surface area contributed by atoms with Crippen LogP contribution >= 0.6 is 0 Å². The minimum atomic E-state index is -0.714. The van der Waals surface area contributed by atoms with Crippen LogP contribution in [0.5, 0.6) is 5.75 Å². The van der Waals surface area contributed by atoms with E-state index in [9.17, 15) is 19.5 Å². The van der Waals surface area contributed by atoms with E-state index in [-0.39, 0.29) is 23.3 Å². The Kier molecular flexibility index (Phi) is 5.17. The average molecular weight is 354 g/mol. The highest BCUT2D eigenvalue weighted by Gasteiger charge is 2.23. The number of rotatable bonds is 6. The third-order valence-electron chi connectivity index (χ3n) is 3.74. The lowest BCUT2D eigenvalue weighted by Crippen LogP contribution is -2.25. The highest BCUT2D eigenvalue weighted by atomic mass is 16.5. The fraction of sp³-hybridized carbons (Fsp3) is 0.211. The number of nitrogens with one attached hydrogen (secondary N) is 2. The first kappa shape index (κ1) is 17.5. The Morgan fingerprint density at radius 1 is 1.04 bits per heavy atom. The predicted molar refractivity (Wildman–Crippen MR) is 93.9 cm³/mol. The molecule has 3 N–H and O–H groups in total. The molecule has 3 rings (SSSR count). The second-order valence-corrected chi connectivity index (χ2v) is 6.00. The minimum Gasteiger partial charge on any atom is -0.508 e. The van der Waals surface area contributed by atoms with Crippen LogP contribution in [0, 0.1) is 0 Å². The Labute approximate surface area is 150 Å². The van der Waals surface area contributed by atoms with Crippen molar-refractivity contribution in [1.29, 1.82) is 0 Å². The zero-order chi connectivity index (χ0) is 18.5. The van der Waals surface area contributed by atoms with Gasteiger partial charge in [0.05, 0.1) is 5.56 Å². The molecule has 0 unspecified atom stereocenters. The normalized spacial score (nSPS) is 12.9. The minimum absolute atomic E-state index is 0.0646. The molecule has 1 aliphatic rings. The monoisotopic (exact) mass is 354 g/mol. The molecule has 7 nitrogen and oxygen atoms in total. The number of esters is 1. The molecular formula is C19H18N2O5. The average Bonchev–Trinajstić information content (AvgIpc) is 3.44. The van der Waals surface area contributed by atoms with Crippen LogP contribution in [0.4, 0.5) is 5.69 Å². The Balaban J connectivity index is 1.53. The van der Waals surface area contributed by atoms with Crippen LogP contribution in [-0.4, -0.2) is 35.5 Å². The topological polar surface area (TPSA) is 105 Å². The summed E-state index contributed by atoms with van der Waals surface area (Å²) in [7, 11) is 0. The van der Waals surface area contributed by atoms with Gasteiger partial charge in [0, 0.05) is 17.3 Å². The van der Waals surface area contributed by atoms with Gasteiger partial charge in [-0.25, -0.2) is 4.79 Å². The number of phenols is 1. The van der Waals surface area contributed by atoms with E-state index in [0.29, 0.717) is 11.3 Å². The molecule has 2 aromatic carbocycles. The maximum Gasteiger partial charge on any atom is 0.338 e. The molecule has 0 aromatic heterocycles. The van der Waals surface area contributed by atoms with Gasteiger partial charge in [-0.3, -0.25) is 9.59 Å². The lowest BCUT2D eigenvalue weighted by Gasteiger charge is -2.09. The first-order chi connectivity index (χ1) is 12.5. The summed E-state index contributed by atoms with van der Waals surface area (Å²) in [5, 5.41) is 14.8. The fourth-order valence-electron chi connectivity index (χ4n) is 2.28. The van der Waals surface area contributed by atoms with Gasteiger partial charge in [0.2, 0.25) is 0 Å². The molecular weight excluding hydrogens is 336 g/mol. The lowest BCUT2D eigenvalue weighted by atomic mass is 10.2. The summed E-state index contributed by atoms with van der Waals surface area (Å²) in [4.78, 5) is 35.8. The quantitative estimate of drug-likeness (QED) is 0.689. The molecule has 2 amide bonds. The van der Waals surface area contributed by atoms with E-state index >= 15 is 0 Å². The van der Waals surface area contributed by atoms with Crippen LogP contribution in [0.2, 0.25) is 0 Å². The summed E-state index contributed by atoms with van der Waals surface area (Å²) in [5.41, 5.74) is 1.04. The van der Waals surface area contributed by atoms with Gasteiger partial charge in [-0.15, -0.1) is 0 Å². The van der Waals surface area contributed by atoms with Gasteiger partial charge in [0.15, 0.2) is 6.61 Å². The molecule has 1 aliphatic carbocycles. The molecule has 0 radical (unpaired) electrons. The van der Waals surface area contributed by atoms with Crippen LogP contribution in [0.25, 0.3) is 0 Å². The van der Waals surface area contributed by atoms with Gasteiger partial charge in [-0.1, -0.05) is 12.1 Å². The predicted octanol–water partition coefficient (Wildman–Crippen LogP) is 2.08. The molecule has 134 valence electrons. The van der Waals surface area contributed by atoms with Crippen molar-refractivity contribution in [2.45, 2.75) is 18.9 Å². The van der Waals surface area contributed by atoms with E-state index in [1.54, 1.807) is 24.3 Å². The Hall–Kier alpha value is -3.35. The molecule has 0 saturated heterocycles. The zero-order valence-electron chi connectivity index (χ0n) is 13.9. The summed E-state index contributed by atoms with van der Waals surface area (Å²) in [6, 6.07) is 12.4. The first-order valence-corrected chi connectivity index (χ1v) is 8.18. The van der Waals surface area contributed by atoms with Crippen molar-refractivity contribution >= 4 is 23.5 Å². The van der Waals surface area contributed by atoms with Gasteiger partial charge in [-0.05, 0) is 49.2 Å². The number of aromatic hydroxyl groups is 1. The van der Waals surface area contributed by atoms with Gasteiger partial charge in [0.25, 0.3) is 11.8 Å². The standard InChI is InChI=1S/C19H18N2O5/c22-16-6-2-4-13(10-16)19(25)26-11-17(23)20-15-5-1-3-12(9-15)18(24)21-14-7-8-14/h1-6,9-10,14,22H,7-8,11H2,(H,20,23)(H,21,24). The fourth-order valence-corrected chi connectivity index (χ4v) is 2.28. The number of hydrogen-bond acceptors (Lipinski definition) is 5. The van der Waals surface area contributed by atoms with E-state index in [1.807, 2.05) is 0 Å². The number of ether oxygens (including phenoxy) is 1. The Morgan fingerprint density at radius 3 is 2.50 bits per heavy atom. The molecule has 0 atom stereocenters. The maximum atomic E-state index is 12.0. The number of amides is 2. The summed E-state index contributed by atoms with van der Waals surface area (Å²) >= 11 is 0. The molecule has 26 heavy (non-hydrogen) atoms. The summed E-state index contributed by atoms with van der Waals surface area (Å²) in [6.45, 7) is -0.479. The molecule has 7 heteroatoms. The number of anilines is 1. The van der Waals surface area contributed by atoms with Crippen LogP contribution in [0.1, 0.15) is 33.6 Å². The Bertz CT molecular complexity index is 845. The highest BCUT2D eigenvalue weighted by molar-refractivity contribution is 5.98. The second-order valence-electron chi connectivity index (χ2n) is 6.00. The van der Waals surface area contributed by atoms with Crippen molar-refractivity contribution < 1.29 is 24.2 Å². The first-order valence-electron chi connectivity index (χ1n) is 8.18.